The number of carbonyl (C=O) groups excluding carboxylic acids is 1. The van der Waals surface area contributed by atoms with E-state index in [1.54, 1.807) is 19.2 Å². The van der Waals surface area contributed by atoms with Crippen LogP contribution in [0.4, 0.5) is 0 Å². The van der Waals surface area contributed by atoms with Crippen LogP contribution in [-0.2, 0) is 16.2 Å². The largest absolute Gasteiger partial charge is 0.297 e. The first-order chi connectivity index (χ1) is 16.3. The zero-order valence-electron chi connectivity index (χ0n) is 23.7. The third kappa shape index (κ3) is 21.8. The Labute approximate surface area is 212 Å². The second kappa shape index (κ2) is 27.2. The van der Waals surface area contributed by atoms with Gasteiger partial charge in [-0.2, -0.15) is 0 Å². The maximum atomic E-state index is 10.6. The first kappa shape index (κ1) is 36.5. The van der Waals surface area contributed by atoms with E-state index in [1.165, 1.54) is 38.2 Å². The second-order valence-electron chi connectivity index (χ2n) is 8.25. The highest BCUT2D eigenvalue weighted by Gasteiger charge is 2.15. The van der Waals surface area contributed by atoms with Gasteiger partial charge in [0.25, 0.3) is 0 Å². The van der Waals surface area contributed by atoms with Gasteiger partial charge in [0.15, 0.2) is 5.78 Å². The Morgan fingerprint density at radius 1 is 1.15 bits per heavy atom. The molecule has 0 amide bonds. The lowest BCUT2D eigenvalue weighted by Crippen LogP contribution is -2.25. The number of hydrogen-bond donors (Lipinski definition) is 1. The number of rotatable bonds is 13. The second-order valence-corrected chi connectivity index (χ2v) is 8.25. The number of unbranched alkanes of at least 4 members (excludes halogenated alkanes) is 1. The van der Waals surface area contributed by atoms with Gasteiger partial charge in [-0.05, 0) is 49.2 Å². The Hall–Kier alpha value is -2.04. The van der Waals surface area contributed by atoms with Crippen LogP contribution >= 0.6 is 0 Å². The summed E-state index contributed by atoms with van der Waals surface area (Å²) in [4.78, 5) is 20.0. The van der Waals surface area contributed by atoms with Crippen molar-refractivity contribution in [3.63, 3.8) is 0 Å². The number of ketones is 1. The number of hydrogen-bond acceptors (Lipinski definition) is 4. The molecule has 1 rings (SSSR count). The van der Waals surface area contributed by atoms with Crippen molar-refractivity contribution in [1.29, 1.82) is 0 Å². The number of aliphatic imine (C=N–C) groups is 1. The monoisotopic (exact) mass is 474 g/mol. The number of nitrogens with one attached hydrogen (secondary N) is 1. The molecule has 0 radical (unpaired) electrons. The zero-order chi connectivity index (χ0) is 26.8. The maximum absolute atomic E-state index is 10.6. The van der Waals surface area contributed by atoms with E-state index in [4.69, 9.17) is 4.84 Å². The molecule has 1 unspecified atom stereocenters. The fraction of sp³-hybridized carbons (Fsp3) is 0.600. The summed E-state index contributed by atoms with van der Waals surface area (Å²) in [6.07, 6.45) is 8.67. The van der Waals surface area contributed by atoms with Gasteiger partial charge in [-0.3, -0.25) is 14.6 Å². The standard InChI is InChI=1S/C19H33NO.C7H11NO.C2H6.C2H4/c1-5-6-10-19(13-17(4)16(2)3)14-20-21-15-18-11-8-7-9-12-18;1-4-5-7(8-3)6(2)9;2*1-2/h7-9,11-12,16-17,19-20H,5-6,10,13-15H2,1-4H3;4-5H,1-3H3;1-2H3;1-2H2/b;5-4-,8-7?;;/t17?,19-;;;/m0.../s1. The van der Waals surface area contributed by atoms with Crippen LogP contribution in [-0.4, -0.2) is 25.1 Å². The van der Waals surface area contributed by atoms with Crippen molar-refractivity contribution in [2.24, 2.45) is 22.7 Å². The summed E-state index contributed by atoms with van der Waals surface area (Å²) in [5, 5.41) is 0. The third-order valence-electron chi connectivity index (χ3n) is 5.29. The fourth-order valence-corrected chi connectivity index (χ4v) is 2.99. The molecule has 34 heavy (non-hydrogen) atoms. The molecule has 0 aliphatic heterocycles. The molecule has 0 saturated carbocycles. The minimum atomic E-state index is 0.00981. The number of benzene rings is 1. The molecule has 0 heterocycles. The molecule has 1 aromatic carbocycles. The van der Waals surface area contributed by atoms with Gasteiger partial charge in [-0.25, -0.2) is 5.48 Å². The molecule has 4 heteroatoms. The summed E-state index contributed by atoms with van der Waals surface area (Å²) < 4.78 is 0. The third-order valence-corrected chi connectivity index (χ3v) is 5.29. The first-order valence-electron chi connectivity index (χ1n) is 12.8. The number of allylic oxidation sites excluding steroid dienone is 2. The van der Waals surface area contributed by atoms with E-state index < -0.39 is 0 Å². The summed E-state index contributed by atoms with van der Waals surface area (Å²) in [5.74, 6) is 2.27. The topological polar surface area (TPSA) is 50.7 Å². The van der Waals surface area contributed by atoms with Crippen molar-refractivity contribution in [2.45, 2.75) is 87.7 Å². The van der Waals surface area contributed by atoms with Gasteiger partial charge in [-0.1, -0.05) is 90.8 Å². The summed E-state index contributed by atoms with van der Waals surface area (Å²) >= 11 is 0. The number of nitrogens with zero attached hydrogens (tertiary/aromatic N) is 1. The van der Waals surface area contributed by atoms with Gasteiger partial charge in [0.1, 0.15) is 0 Å². The van der Waals surface area contributed by atoms with Crippen molar-refractivity contribution >= 4 is 11.5 Å². The molecule has 196 valence electrons. The van der Waals surface area contributed by atoms with Crippen molar-refractivity contribution in [3.8, 4) is 0 Å². The summed E-state index contributed by atoms with van der Waals surface area (Å²) in [7, 11) is 1.61. The molecule has 0 aromatic heterocycles. The van der Waals surface area contributed by atoms with E-state index in [0.29, 0.717) is 12.3 Å². The lowest BCUT2D eigenvalue weighted by molar-refractivity contribution is -0.111. The van der Waals surface area contributed by atoms with E-state index in [9.17, 15) is 4.79 Å². The molecular weight excluding hydrogens is 420 g/mol. The molecule has 0 bridgehead atoms. The minimum absolute atomic E-state index is 0.00981. The fourth-order valence-electron chi connectivity index (χ4n) is 2.99. The van der Waals surface area contributed by atoms with E-state index in [0.717, 1.165) is 24.3 Å². The van der Waals surface area contributed by atoms with Gasteiger partial charge >= 0.3 is 0 Å². The quantitative estimate of drug-likeness (QED) is 0.135. The van der Waals surface area contributed by atoms with Gasteiger partial charge < -0.3 is 0 Å². The molecule has 0 saturated heterocycles. The molecule has 0 spiro atoms. The number of hydroxylamine groups is 1. The van der Waals surface area contributed by atoms with Crippen molar-refractivity contribution in [2.75, 3.05) is 13.6 Å². The average Bonchev–Trinajstić information content (AvgIpc) is 2.86. The molecule has 0 fully saturated rings. The lowest BCUT2D eigenvalue weighted by Gasteiger charge is -2.23. The number of carbonyl (C=O) groups is 1. The normalized spacial score (nSPS) is 12.5. The molecule has 1 N–H and O–H groups in total. The highest BCUT2D eigenvalue weighted by Crippen LogP contribution is 2.23. The van der Waals surface area contributed by atoms with Crippen LogP contribution < -0.4 is 5.48 Å². The van der Waals surface area contributed by atoms with Crippen LogP contribution in [0.25, 0.3) is 0 Å². The van der Waals surface area contributed by atoms with Crippen LogP contribution in [0.15, 0.2) is 60.6 Å². The Morgan fingerprint density at radius 2 is 1.74 bits per heavy atom. The van der Waals surface area contributed by atoms with Gasteiger partial charge in [0, 0.05) is 20.5 Å². The highest BCUT2D eigenvalue weighted by atomic mass is 16.6. The molecule has 4 nitrogen and oxygen atoms in total. The van der Waals surface area contributed by atoms with E-state index in [2.05, 4.69) is 63.5 Å². The van der Waals surface area contributed by atoms with Crippen LogP contribution in [0, 0.1) is 17.8 Å². The number of Topliss-reactive ketones (excluding diaryl/α,β-unsaturated/α-hetero) is 1. The van der Waals surface area contributed by atoms with E-state index in [1.807, 2.05) is 39.0 Å². The first-order valence-corrected chi connectivity index (χ1v) is 12.8. The van der Waals surface area contributed by atoms with Gasteiger partial charge in [-0.15, -0.1) is 13.2 Å². The Bertz CT molecular complexity index is 624. The van der Waals surface area contributed by atoms with Crippen molar-refractivity contribution in [1.82, 2.24) is 5.48 Å². The zero-order valence-corrected chi connectivity index (χ0v) is 23.7. The van der Waals surface area contributed by atoms with Gasteiger partial charge in [0.05, 0.1) is 12.3 Å². The Balaban J connectivity index is -0.000000619. The Morgan fingerprint density at radius 3 is 2.15 bits per heavy atom. The highest BCUT2D eigenvalue weighted by molar-refractivity contribution is 6.43. The molecule has 1 aromatic rings. The van der Waals surface area contributed by atoms with Crippen molar-refractivity contribution in [3.05, 3.63) is 61.2 Å². The predicted molar refractivity (Wildman–Crippen MR) is 152 cm³/mol. The summed E-state index contributed by atoms with van der Waals surface area (Å²) in [6, 6.07) is 10.3. The molecule has 0 aliphatic rings. The van der Waals surface area contributed by atoms with E-state index in [-0.39, 0.29) is 5.78 Å². The summed E-state index contributed by atoms with van der Waals surface area (Å²) in [6.45, 7) is 24.2. The van der Waals surface area contributed by atoms with Crippen LogP contribution in [0.1, 0.15) is 86.6 Å². The van der Waals surface area contributed by atoms with E-state index >= 15 is 0 Å². The smallest absolute Gasteiger partial charge is 0.177 e. The molecule has 2 atom stereocenters. The van der Waals surface area contributed by atoms with Crippen molar-refractivity contribution < 1.29 is 9.63 Å². The van der Waals surface area contributed by atoms with Crippen LogP contribution in [0.2, 0.25) is 0 Å². The lowest BCUT2D eigenvalue weighted by atomic mass is 9.85. The van der Waals surface area contributed by atoms with Gasteiger partial charge in [0.2, 0.25) is 0 Å². The average molecular weight is 475 g/mol. The predicted octanol–water partition coefficient (Wildman–Crippen LogP) is 8.25. The van der Waals surface area contributed by atoms with Crippen LogP contribution in [0.3, 0.4) is 0 Å². The minimum Gasteiger partial charge on any atom is -0.297 e. The SMILES string of the molecule is C/C=C\C(=NC)C(C)=O.C=C.CC.CCCC[C@H](CNOCc1ccccc1)CC(C)C(C)C. The maximum Gasteiger partial charge on any atom is 0.177 e. The summed E-state index contributed by atoms with van der Waals surface area (Å²) in [5.41, 5.74) is 4.93. The van der Waals surface area contributed by atoms with Crippen LogP contribution in [0.5, 0.6) is 0 Å². The molecule has 0 aliphatic carbocycles. The molecular formula is C30H54N2O2. The Kier molecular flexibility index (Phi) is 29.2.